The Morgan fingerprint density at radius 2 is 0.929 bits per heavy atom. The first-order valence-electron chi connectivity index (χ1n) is 4.56. The maximum atomic E-state index is 6.04. The van der Waals surface area contributed by atoms with Crippen molar-refractivity contribution in [1.29, 1.82) is 0 Å². The zero-order valence-corrected chi connectivity index (χ0v) is 11.6. The van der Waals surface area contributed by atoms with Crippen LogP contribution in [-0.2, 0) is 0 Å². The van der Waals surface area contributed by atoms with Crippen LogP contribution in [-0.4, -0.2) is 0 Å². The molecule has 78 valence electrons. The van der Waals surface area contributed by atoms with Crippen molar-refractivity contribution >= 4 is 34.4 Å². The zero-order chi connectivity index (χ0) is 11.0. The van der Waals surface area contributed by atoms with Crippen molar-refractivity contribution in [3.05, 3.63) is 27.8 Å². The molecule has 0 heterocycles. The Balaban J connectivity index is 3.60. The molecular weight excluding hydrogens is 234 g/mol. The molecule has 0 aliphatic rings. The number of hydrogen-bond acceptors (Lipinski definition) is 0. The van der Waals surface area contributed by atoms with Gasteiger partial charge < -0.3 is 0 Å². The average molecular weight is 249 g/mol. The van der Waals surface area contributed by atoms with E-state index in [4.69, 9.17) is 22.5 Å². The molecule has 0 N–H and O–H groups in total. The van der Waals surface area contributed by atoms with Crippen LogP contribution in [0, 0.1) is 34.6 Å². The van der Waals surface area contributed by atoms with Gasteiger partial charge in [-0.3, -0.25) is 0 Å². The van der Waals surface area contributed by atoms with Crippen molar-refractivity contribution in [2.75, 3.05) is 0 Å². The number of rotatable bonds is 1. The molecule has 0 aliphatic heterocycles. The van der Waals surface area contributed by atoms with Crippen molar-refractivity contribution in [3.63, 3.8) is 0 Å². The summed E-state index contributed by atoms with van der Waals surface area (Å²) >= 11 is 12.1. The van der Waals surface area contributed by atoms with E-state index in [1.54, 1.807) is 0 Å². The summed E-state index contributed by atoms with van der Waals surface area (Å²) in [5.74, 6) is 0. The van der Waals surface area contributed by atoms with Crippen molar-refractivity contribution in [2.24, 2.45) is 0 Å². The highest BCUT2D eigenvalue weighted by molar-refractivity contribution is 8.09. The Kier molecular flexibility index (Phi) is 3.86. The molecule has 0 radical (unpaired) electrons. The molecule has 0 amide bonds. The van der Waals surface area contributed by atoms with Crippen molar-refractivity contribution in [2.45, 2.75) is 34.6 Å². The fraction of sp³-hybridized carbons (Fsp3) is 0.455. The molecular formula is C11H15Cl2P. The highest BCUT2D eigenvalue weighted by Crippen LogP contribution is 2.48. The van der Waals surface area contributed by atoms with Crippen molar-refractivity contribution in [1.82, 2.24) is 0 Å². The van der Waals surface area contributed by atoms with Gasteiger partial charge in [0.15, 0.2) is 0 Å². The molecule has 1 aromatic rings. The summed E-state index contributed by atoms with van der Waals surface area (Å²) in [6.45, 7) is 9.58. The lowest BCUT2D eigenvalue weighted by Gasteiger charge is -2.18. The van der Waals surface area contributed by atoms with E-state index >= 15 is 0 Å². The molecule has 0 atom stereocenters. The molecule has 0 fully saturated rings. The minimum Gasteiger partial charge on any atom is -0.0727 e. The molecule has 1 aromatic carbocycles. The van der Waals surface area contributed by atoms with Gasteiger partial charge in [-0.05, 0) is 62.4 Å². The van der Waals surface area contributed by atoms with Gasteiger partial charge in [0.25, 0.3) is 0 Å². The van der Waals surface area contributed by atoms with E-state index in [1.807, 2.05) is 0 Å². The Labute approximate surface area is 96.9 Å². The van der Waals surface area contributed by atoms with Crippen LogP contribution in [0.15, 0.2) is 0 Å². The number of benzene rings is 1. The molecule has 0 bridgehead atoms. The van der Waals surface area contributed by atoms with Crippen LogP contribution in [0.3, 0.4) is 0 Å². The topological polar surface area (TPSA) is 0 Å². The maximum absolute atomic E-state index is 6.04. The maximum Gasteiger partial charge on any atom is 0.117 e. The molecule has 0 saturated carbocycles. The first-order chi connectivity index (χ1) is 6.37. The molecule has 0 nitrogen and oxygen atoms in total. The Bertz CT molecular complexity index is 341. The minimum absolute atomic E-state index is 1.04. The second-order valence-corrected chi connectivity index (χ2v) is 7.17. The van der Waals surface area contributed by atoms with Gasteiger partial charge in [0.2, 0.25) is 0 Å². The molecule has 0 aromatic heterocycles. The second-order valence-electron chi connectivity index (χ2n) is 3.71. The Morgan fingerprint density at radius 3 is 1.21 bits per heavy atom. The molecule has 0 unspecified atom stereocenters. The average Bonchev–Trinajstić information content (AvgIpc) is 2.11. The van der Waals surface area contributed by atoms with Crippen LogP contribution >= 0.6 is 29.1 Å². The lowest BCUT2D eigenvalue weighted by molar-refractivity contribution is 1.20. The van der Waals surface area contributed by atoms with Crippen LogP contribution in [0.4, 0.5) is 0 Å². The molecule has 0 spiro atoms. The van der Waals surface area contributed by atoms with Gasteiger partial charge in [-0.15, -0.1) is 0 Å². The van der Waals surface area contributed by atoms with Gasteiger partial charge in [0, 0.05) is 5.30 Å². The molecule has 0 saturated heterocycles. The fourth-order valence-electron chi connectivity index (χ4n) is 1.73. The molecule has 14 heavy (non-hydrogen) atoms. The first kappa shape index (κ1) is 12.3. The molecule has 0 aliphatic carbocycles. The van der Waals surface area contributed by atoms with Gasteiger partial charge in [-0.25, -0.2) is 0 Å². The molecule has 3 heteroatoms. The van der Waals surface area contributed by atoms with Crippen LogP contribution in [0.2, 0.25) is 0 Å². The predicted octanol–water partition coefficient (Wildman–Crippen LogP) is 4.64. The van der Waals surface area contributed by atoms with E-state index in [0.29, 0.717) is 0 Å². The van der Waals surface area contributed by atoms with Crippen LogP contribution in [0.5, 0.6) is 0 Å². The summed E-state index contributed by atoms with van der Waals surface area (Å²) in [5, 5.41) is 1.14. The van der Waals surface area contributed by atoms with E-state index < -0.39 is 6.63 Å². The third kappa shape index (κ3) is 1.94. The van der Waals surface area contributed by atoms with Crippen molar-refractivity contribution in [3.8, 4) is 0 Å². The van der Waals surface area contributed by atoms with Gasteiger partial charge in [0.1, 0.15) is 6.63 Å². The normalized spacial score (nSPS) is 11.1. The second kappa shape index (κ2) is 4.39. The third-order valence-corrected chi connectivity index (χ3v) is 5.15. The standard InChI is InChI=1S/C11H15Cl2P/c1-6-7(2)9(4)11(14(12)13)10(5)8(6)3/h1-5H3. The smallest absolute Gasteiger partial charge is 0.0727 e. The lowest BCUT2D eigenvalue weighted by Crippen LogP contribution is -2.12. The first-order valence-corrected chi connectivity index (χ1v) is 7.71. The van der Waals surface area contributed by atoms with Gasteiger partial charge >= 0.3 is 0 Å². The highest BCUT2D eigenvalue weighted by atomic mass is 35.9. The van der Waals surface area contributed by atoms with E-state index in [2.05, 4.69) is 34.6 Å². The number of hydrogen-bond donors (Lipinski definition) is 0. The largest absolute Gasteiger partial charge is 0.117 e. The van der Waals surface area contributed by atoms with E-state index in [9.17, 15) is 0 Å². The highest BCUT2D eigenvalue weighted by Gasteiger charge is 2.16. The van der Waals surface area contributed by atoms with Gasteiger partial charge in [-0.2, -0.15) is 0 Å². The summed E-state index contributed by atoms with van der Waals surface area (Å²) < 4.78 is 0. The van der Waals surface area contributed by atoms with E-state index in [0.717, 1.165) is 5.30 Å². The zero-order valence-electron chi connectivity index (χ0n) is 9.20. The van der Waals surface area contributed by atoms with Gasteiger partial charge in [-0.1, -0.05) is 22.5 Å². The predicted molar refractivity (Wildman–Crippen MR) is 68.4 cm³/mol. The van der Waals surface area contributed by atoms with Crippen LogP contribution in [0.1, 0.15) is 27.8 Å². The summed E-state index contributed by atoms with van der Waals surface area (Å²) in [7, 11) is 0. The lowest BCUT2D eigenvalue weighted by atomic mass is 9.95. The SMILES string of the molecule is Cc1c(C)c(C)c(P(Cl)Cl)c(C)c1C. The molecule has 1 rings (SSSR count). The summed E-state index contributed by atoms with van der Waals surface area (Å²) in [6.07, 6.45) is 0. The summed E-state index contributed by atoms with van der Waals surface area (Å²) in [5.41, 5.74) is 6.49. The fourth-order valence-corrected chi connectivity index (χ4v) is 4.10. The summed E-state index contributed by atoms with van der Waals surface area (Å²) in [4.78, 5) is 0. The Hall–Kier alpha value is 0.230. The van der Waals surface area contributed by atoms with E-state index in [1.165, 1.54) is 27.8 Å². The summed E-state index contributed by atoms with van der Waals surface area (Å²) in [6, 6.07) is 0. The Morgan fingerprint density at radius 1 is 0.643 bits per heavy atom. The van der Waals surface area contributed by atoms with Crippen molar-refractivity contribution < 1.29 is 0 Å². The van der Waals surface area contributed by atoms with Crippen LogP contribution in [0.25, 0.3) is 0 Å². The minimum atomic E-state index is -1.04. The van der Waals surface area contributed by atoms with Crippen LogP contribution < -0.4 is 5.30 Å². The monoisotopic (exact) mass is 248 g/mol. The number of halogens is 2. The third-order valence-electron chi connectivity index (χ3n) is 3.13. The van der Waals surface area contributed by atoms with E-state index in [-0.39, 0.29) is 0 Å². The van der Waals surface area contributed by atoms with Gasteiger partial charge in [0.05, 0.1) is 0 Å². The quantitative estimate of drug-likeness (QED) is 0.636.